The van der Waals surface area contributed by atoms with Gasteiger partial charge in [-0.1, -0.05) is 0 Å². The largest absolute Gasteiger partial charge is 0.389 e. The van der Waals surface area contributed by atoms with Gasteiger partial charge in [-0.05, 0) is 30.5 Å². The van der Waals surface area contributed by atoms with Crippen LogP contribution in [0.15, 0.2) is 11.4 Å². The molecule has 0 bridgehead atoms. The van der Waals surface area contributed by atoms with Crippen molar-refractivity contribution in [3.8, 4) is 0 Å². The normalized spacial score (nSPS) is 16.3. The molecule has 2 heterocycles. The summed E-state index contributed by atoms with van der Waals surface area (Å²) in [5.74, 6) is 0.119. The van der Waals surface area contributed by atoms with E-state index in [-0.39, 0.29) is 5.91 Å². The number of thiophene rings is 1. The molecule has 0 aliphatic carbocycles. The molecule has 1 aliphatic heterocycles. The number of amides is 1. The Hall–Kier alpha value is -0.950. The molecule has 0 spiro atoms. The molecule has 0 fully saturated rings. The van der Waals surface area contributed by atoms with E-state index in [0.29, 0.717) is 26.2 Å². The SMILES string of the molecule is COCC(O)CN(C)CC(=O)N1CCc2sccc2C1. The topological polar surface area (TPSA) is 53.0 Å². The molecule has 1 aromatic heterocycles. The van der Waals surface area contributed by atoms with Gasteiger partial charge in [0.15, 0.2) is 0 Å². The molecule has 1 unspecified atom stereocenters. The average molecular weight is 298 g/mol. The second-order valence-corrected chi connectivity index (χ2v) is 6.24. The van der Waals surface area contributed by atoms with Gasteiger partial charge in [0.2, 0.25) is 5.91 Å². The van der Waals surface area contributed by atoms with Crippen molar-refractivity contribution in [1.29, 1.82) is 0 Å². The number of likely N-dealkylation sites (N-methyl/N-ethyl adjacent to an activating group) is 1. The molecule has 0 saturated heterocycles. The van der Waals surface area contributed by atoms with Gasteiger partial charge in [0.1, 0.15) is 0 Å². The summed E-state index contributed by atoms with van der Waals surface area (Å²) in [6.45, 7) is 2.57. The molecule has 20 heavy (non-hydrogen) atoms. The molecule has 1 N–H and O–H groups in total. The molecule has 2 rings (SSSR count). The van der Waals surface area contributed by atoms with Crippen LogP contribution in [0, 0.1) is 0 Å². The number of rotatable bonds is 6. The number of aliphatic hydroxyl groups is 1. The molecule has 6 heteroatoms. The highest BCUT2D eigenvalue weighted by molar-refractivity contribution is 7.10. The molecule has 1 amide bonds. The zero-order valence-electron chi connectivity index (χ0n) is 12.0. The van der Waals surface area contributed by atoms with Gasteiger partial charge in [0.25, 0.3) is 0 Å². The van der Waals surface area contributed by atoms with E-state index in [0.717, 1.165) is 13.0 Å². The lowest BCUT2D eigenvalue weighted by Gasteiger charge is -2.29. The molecule has 1 aromatic rings. The number of carbonyl (C=O) groups excluding carboxylic acids is 1. The fourth-order valence-electron chi connectivity index (χ4n) is 2.46. The summed E-state index contributed by atoms with van der Waals surface area (Å²) in [6, 6.07) is 2.10. The van der Waals surface area contributed by atoms with Crippen LogP contribution in [-0.4, -0.2) is 67.3 Å². The second-order valence-electron chi connectivity index (χ2n) is 5.24. The third-order valence-electron chi connectivity index (χ3n) is 3.45. The van der Waals surface area contributed by atoms with Crippen molar-refractivity contribution >= 4 is 17.2 Å². The lowest BCUT2D eigenvalue weighted by Crippen LogP contribution is -2.43. The molecule has 1 aliphatic rings. The van der Waals surface area contributed by atoms with Crippen LogP contribution in [0.25, 0.3) is 0 Å². The van der Waals surface area contributed by atoms with Crippen LogP contribution in [0.1, 0.15) is 10.4 Å². The predicted octanol–water partition coefficient (Wildman–Crippen LogP) is 0.572. The van der Waals surface area contributed by atoms with E-state index >= 15 is 0 Å². The van der Waals surface area contributed by atoms with Crippen molar-refractivity contribution in [2.24, 2.45) is 0 Å². The van der Waals surface area contributed by atoms with E-state index in [4.69, 9.17) is 4.74 Å². The summed E-state index contributed by atoms with van der Waals surface area (Å²) in [5, 5.41) is 11.7. The van der Waals surface area contributed by atoms with Gasteiger partial charge in [0.05, 0.1) is 19.3 Å². The van der Waals surface area contributed by atoms with Crippen molar-refractivity contribution in [2.75, 3.05) is 40.4 Å². The average Bonchev–Trinajstić information content (AvgIpc) is 2.85. The van der Waals surface area contributed by atoms with Gasteiger partial charge >= 0.3 is 0 Å². The van der Waals surface area contributed by atoms with Crippen LogP contribution < -0.4 is 0 Å². The minimum atomic E-state index is -0.553. The van der Waals surface area contributed by atoms with Gasteiger partial charge in [-0.15, -0.1) is 11.3 Å². The van der Waals surface area contributed by atoms with Gasteiger partial charge in [-0.25, -0.2) is 0 Å². The summed E-state index contributed by atoms with van der Waals surface area (Å²) >= 11 is 1.77. The van der Waals surface area contributed by atoms with Gasteiger partial charge in [0, 0.05) is 31.6 Å². The van der Waals surface area contributed by atoms with Crippen molar-refractivity contribution < 1.29 is 14.6 Å². The maximum absolute atomic E-state index is 12.3. The lowest BCUT2D eigenvalue weighted by molar-refractivity contribution is -0.133. The van der Waals surface area contributed by atoms with Crippen LogP contribution >= 0.6 is 11.3 Å². The predicted molar refractivity (Wildman–Crippen MR) is 78.8 cm³/mol. The van der Waals surface area contributed by atoms with Gasteiger partial charge < -0.3 is 14.7 Å². The van der Waals surface area contributed by atoms with Gasteiger partial charge in [-0.2, -0.15) is 0 Å². The number of hydrogen-bond acceptors (Lipinski definition) is 5. The van der Waals surface area contributed by atoms with Crippen LogP contribution in [0.2, 0.25) is 0 Å². The second kappa shape index (κ2) is 7.17. The Morgan fingerprint density at radius 2 is 2.45 bits per heavy atom. The van der Waals surface area contributed by atoms with E-state index < -0.39 is 6.10 Å². The Kier molecular flexibility index (Phi) is 5.54. The summed E-state index contributed by atoms with van der Waals surface area (Å²) in [7, 11) is 3.40. The van der Waals surface area contributed by atoms with Crippen LogP contribution in [0.4, 0.5) is 0 Å². The number of methoxy groups -OCH3 is 1. The first-order valence-corrected chi connectivity index (χ1v) is 7.66. The first-order chi connectivity index (χ1) is 9.60. The smallest absolute Gasteiger partial charge is 0.237 e. The third kappa shape index (κ3) is 4.02. The number of nitrogens with zero attached hydrogens (tertiary/aromatic N) is 2. The standard InChI is InChI=1S/C14H22N2O3S/c1-15(8-12(17)10-19-2)9-14(18)16-5-3-13-11(7-16)4-6-20-13/h4,6,12,17H,3,5,7-10H2,1-2H3. The molecule has 112 valence electrons. The number of aliphatic hydroxyl groups excluding tert-OH is 1. The van der Waals surface area contributed by atoms with E-state index in [9.17, 15) is 9.90 Å². The van der Waals surface area contributed by atoms with E-state index in [1.165, 1.54) is 10.4 Å². The van der Waals surface area contributed by atoms with E-state index in [1.807, 2.05) is 16.8 Å². The van der Waals surface area contributed by atoms with Crippen molar-refractivity contribution in [2.45, 2.75) is 19.1 Å². The van der Waals surface area contributed by atoms with E-state index in [1.54, 1.807) is 18.4 Å². The van der Waals surface area contributed by atoms with E-state index in [2.05, 4.69) is 11.4 Å². The molecular formula is C14H22N2O3S. The maximum atomic E-state index is 12.3. The highest BCUT2D eigenvalue weighted by Gasteiger charge is 2.22. The fourth-order valence-corrected chi connectivity index (χ4v) is 3.35. The van der Waals surface area contributed by atoms with Crippen molar-refractivity contribution in [1.82, 2.24) is 9.80 Å². The van der Waals surface area contributed by atoms with Crippen LogP contribution in [0.5, 0.6) is 0 Å². The number of hydrogen-bond donors (Lipinski definition) is 1. The highest BCUT2D eigenvalue weighted by atomic mass is 32.1. The first-order valence-electron chi connectivity index (χ1n) is 6.78. The summed E-state index contributed by atoms with van der Waals surface area (Å²) in [5.41, 5.74) is 1.27. The molecule has 0 radical (unpaired) electrons. The number of ether oxygens (including phenoxy) is 1. The Labute approximate surface area is 123 Å². The van der Waals surface area contributed by atoms with Crippen LogP contribution in [0.3, 0.4) is 0 Å². The Morgan fingerprint density at radius 1 is 1.65 bits per heavy atom. The molecule has 5 nitrogen and oxygen atoms in total. The number of carbonyl (C=O) groups is 1. The van der Waals surface area contributed by atoms with Crippen molar-refractivity contribution in [3.05, 3.63) is 21.9 Å². The molecule has 0 saturated carbocycles. The minimum absolute atomic E-state index is 0.119. The summed E-state index contributed by atoms with van der Waals surface area (Å²) in [6.07, 6.45) is 0.400. The maximum Gasteiger partial charge on any atom is 0.237 e. The zero-order chi connectivity index (χ0) is 14.5. The summed E-state index contributed by atoms with van der Waals surface area (Å²) in [4.78, 5) is 17.4. The minimum Gasteiger partial charge on any atom is -0.389 e. The quantitative estimate of drug-likeness (QED) is 0.834. The molecule has 1 atom stereocenters. The van der Waals surface area contributed by atoms with Gasteiger partial charge in [-0.3, -0.25) is 9.69 Å². The third-order valence-corrected chi connectivity index (χ3v) is 4.47. The first kappa shape index (κ1) is 15.4. The lowest BCUT2D eigenvalue weighted by atomic mass is 10.1. The highest BCUT2D eigenvalue weighted by Crippen LogP contribution is 2.23. The Balaban J connectivity index is 1.80. The monoisotopic (exact) mass is 298 g/mol. The summed E-state index contributed by atoms with van der Waals surface area (Å²) < 4.78 is 4.89. The number of fused-ring (bicyclic) bond motifs is 1. The fraction of sp³-hybridized carbons (Fsp3) is 0.643. The molecule has 0 aromatic carbocycles. The Bertz CT molecular complexity index is 449. The zero-order valence-corrected chi connectivity index (χ0v) is 12.9. The van der Waals surface area contributed by atoms with Crippen molar-refractivity contribution in [3.63, 3.8) is 0 Å². The molecular weight excluding hydrogens is 276 g/mol. The Morgan fingerprint density at radius 3 is 3.20 bits per heavy atom. The van der Waals surface area contributed by atoms with Crippen LogP contribution in [-0.2, 0) is 22.5 Å².